The molecule has 1 aromatic carbocycles. The van der Waals surface area contributed by atoms with E-state index >= 15 is 0 Å². The quantitative estimate of drug-likeness (QED) is 0.684. The largest absolute Gasteiger partial charge is 0.388 e. The number of nitrogens with zero attached hydrogens (tertiary/aromatic N) is 4. The third-order valence-corrected chi connectivity index (χ3v) is 2.69. The van der Waals surface area contributed by atoms with Crippen molar-refractivity contribution in [2.45, 2.75) is 0 Å². The average molecular weight is 273 g/mol. The number of hydrogen-bond acceptors (Lipinski definition) is 5. The van der Waals surface area contributed by atoms with E-state index in [0.29, 0.717) is 5.71 Å². The van der Waals surface area contributed by atoms with Crippen LogP contribution in [0.3, 0.4) is 0 Å². The van der Waals surface area contributed by atoms with E-state index in [0.717, 1.165) is 11.1 Å². The van der Waals surface area contributed by atoms with Crippen molar-refractivity contribution in [1.29, 1.82) is 10.5 Å². The Bertz CT molecular complexity index is 720. The van der Waals surface area contributed by atoms with Crippen LogP contribution in [0.2, 0.25) is 0 Å². The zero-order valence-electron chi connectivity index (χ0n) is 11.1. The Morgan fingerprint density at radius 1 is 1.00 bits per heavy atom. The first-order valence-corrected chi connectivity index (χ1v) is 6.10. The Morgan fingerprint density at radius 2 is 1.71 bits per heavy atom. The molecule has 0 fully saturated rings. The summed E-state index contributed by atoms with van der Waals surface area (Å²) >= 11 is 0. The second-order valence-electron chi connectivity index (χ2n) is 4.05. The molecule has 2 aromatic rings. The monoisotopic (exact) mass is 273 g/mol. The molecule has 0 spiro atoms. The van der Waals surface area contributed by atoms with Gasteiger partial charge in [0, 0.05) is 23.5 Å². The van der Waals surface area contributed by atoms with Crippen LogP contribution in [0.15, 0.2) is 71.2 Å². The summed E-state index contributed by atoms with van der Waals surface area (Å²) in [6.07, 6.45) is 3.29. The van der Waals surface area contributed by atoms with Crippen LogP contribution in [0, 0.1) is 22.7 Å². The van der Waals surface area contributed by atoms with E-state index in [2.05, 4.69) is 9.98 Å². The summed E-state index contributed by atoms with van der Waals surface area (Å²) in [4.78, 5) is 8.31. The number of aromatic nitrogens is 1. The van der Waals surface area contributed by atoms with Crippen molar-refractivity contribution in [3.8, 4) is 12.1 Å². The Balaban J connectivity index is 2.64. The second kappa shape index (κ2) is 6.65. The van der Waals surface area contributed by atoms with Gasteiger partial charge in [0.15, 0.2) is 5.70 Å². The van der Waals surface area contributed by atoms with E-state index in [4.69, 9.17) is 16.3 Å². The molecule has 5 nitrogen and oxygen atoms in total. The highest BCUT2D eigenvalue weighted by Crippen LogP contribution is 2.13. The SMILES string of the molecule is N#C/C(N)=C(C#N)/N=C(/c1ccccc1)c1cccnc1. The second-order valence-corrected chi connectivity index (χ2v) is 4.05. The van der Waals surface area contributed by atoms with Gasteiger partial charge in [0.25, 0.3) is 0 Å². The number of allylic oxidation sites excluding steroid dienone is 2. The van der Waals surface area contributed by atoms with Crippen molar-refractivity contribution >= 4 is 5.71 Å². The third kappa shape index (κ3) is 3.31. The summed E-state index contributed by atoms with van der Waals surface area (Å²) in [5.41, 5.74) is 7.27. The highest BCUT2D eigenvalue weighted by Gasteiger charge is 2.09. The fraction of sp³-hybridized carbons (Fsp3) is 0. The first-order chi connectivity index (χ1) is 10.3. The maximum Gasteiger partial charge on any atom is 0.175 e. The molecular formula is C16H11N5. The highest BCUT2D eigenvalue weighted by molar-refractivity contribution is 6.13. The van der Waals surface area contributed by atoms with Crippen molar-refractivity contribution in [1.82, 2.24) is 4.98 Å². The van der Waals surface area contributed by atoms with E-state index in [-0.39, 0.29) is 11.4 Å². The first kappa shape index (κ1) is 14.0. The zero-order chi connectivity index (χ0) is 15.1. The summed E-state index contributed by atoms with van der Waals surface area (Å²) in [7, 11) is 0. The summed E-state index contributed by atoms with van der Waals surface area (Å²) < 4.78 is 0. The number of hydrogen-bond donors (Lipinski definition) is 1. The van der Waals surface area contributed by atoms with Crippen molar-refractivity contribution in [3.63, 3.8) is 0 Å². The number of rotatable bonds is 3. The van der Waals surface area contributed by atoms with Crippen LogP contribution in [0.25, 0.3) is 0 Å². The van der Waals surface area contributed by atoms with Gasteiger partial charge in [-0.05, 0) is 12.1 Å². The van der Waals surface area contributed by atoms with Crippen LogP contribution in [0.1, 0.15) is 11.1 Å². The molecule has 0 atom stereocenters. The molecule has 0 unspecified atom stereocenters. The lowest BCUT2D eigenvalue weighted by Crippen LogP contribution is -2.06. The van der Waals surface area contributed by atoms with E-state index in [1.807, 2.05) is 42.5 Å². The van der Waals surface area contributed by atoms with Crippen molar-refractivity contribution in [3.05, 3.63) is 77.4 Å². The molecule has 1 aromatic heterocycles. The van der Waals surface area contributed by atoms with Gasteiger partial charge in [-0.3, -0.25) is 4.98 Å². The predicted molar refractivity (Wildman–Crippen MR) is 78.8 cm³/mol. The molecule has 100 valence electrons. The first-order valence-electron chi connectivity index (χ1n) is 6.10. The van der Waals surface area contributed by atoms with E-state index < -0.39 is 0 Å². The van der Waals surface area contributed by atoms with Crippen molar-refractivity contribution in [2.24, 2.45) is 10.7 Å². The van der Waals surface area contributed by atoms with Gasteiger partial charge in [-0.25, -0.2) is 4.99 Å². The summed E-state index contributed by atoms with van der Waals surface area (Å²) in [6.45, 7) is 0. The van der Waals surface area contributed by atoms with Gasteiger partial charge in [-0.2, -0.15) is 10.5 Å². The van der Waals surface area contributed by atoms with Gasteiger partial charge in [0.2, 0.25) is 0 Å². The van der Waals surface area contributed by atoms with Crippen LogP contribution < -0.4 is 5.73 Å². The molecule has 0 aliphatic carbocycles. The van der Waals surface area contributed by atoms with Gasteiger partial charge in [-0.1, -0.05) is 30.3 Å². The Morgan fingerprint density at radius 3 is 2.29 bits per heavy atom. The lowest BCUT2D eigenvalue weighted by molar-refractivity contribution is 1.25. The number of pyridine rings is 1. The van der Waals surface area contributed by atoms with Gasteiger partial charge < -0.3 is 5.73 Å². The molecule has 5 heteroatoms. The molecule has 0 aliphatic rings. The maximum atomic E-state index is 9.11. The van der Waals surface area contributed by atoms with Crippen molar-refractivity contribution in [2.75, 3.05) is 0 Å². The normalized spacial score (nSPS) is 12.0. The molecule has 0 bridgehead atoms. The smallest absolute Gasteiger partial charge is 0.175 e. The Labute approximate surface area is 122 Å². The van der Waals surface area contributed by atoms with Crippen LogP contribution in [-0.4, -0.2) is 10.7 Å². The molecule has 0 radical (unpaired) electrons. The molecule has 0 saturated carbocycles. The molecule has 21 heavy (non-hydrogen) atoms. The molecule has 0 aliphatic heterocycles. The number of nitriles is 2. The lowest BCUT2D eigenvalue weighted by Gasteiger charge is -2.06. The van der Waals surface area contributed by atoms with E-state index in [9.17, 15) is 0 Å². The minimum absolute atomic E-state index is 0.111. The summed E-state index contributed by atoms with van der Waals surface area (Å²) in [6, 6.07) is 16.5. The molecular weight excluding hydrogens is 262 g/mol. The summed E-state index contributed by atoms with van der Waals surface area (Å²) in [5.74, 6) is 0. The predicted octanol–water partition coefficient (Wildman–Crippen LogP) is 2.14. The standard InChI is InChI=1S/C16H11N5/c17-9-14(19)15(10-18)21-16(12-5-2-1-3-6-12)13-7-4-8-20-11-13/h1-8,11H,19H2/b15-14-,21-16-. The molecule has 2 N–H and O–H groups in total. The highest BCUT2D eigenvalue weighted by atomic mass is 14.8. The lowest BCUT2D eigenvalue weighted by atomic mass is 10.0. The van der Waals surface area contributed by atoms with Gasteiger partial charge in [0.1, 0.15) is 17.8 Å². The summed E-state index contributed by atoms with van der Waals surface area (Å²) in [5, 5.41) is 17.9. The fourth-order valence-electron chi connectivity index (χ4n) is 1.70. The molecule has 0 amide bonds. The van der Waals surface area contributed by atoms with Crippen LogP contribution >= 0.6 is 0 Å². The molecule has 1 heterocycles. The van der Waals surface area contributed by atoms with Gasteiger partial charge >= 0.3 is 0 Å². The third-order valence-electron chi connectivity index (χ3n) is 2.69. The Hall–Kier alpha value is -3.44. The minimum atomic E-state index is -0.213. The van der Waals surface area contributed by atoms with Gasteiger partial charge in [0.05, 0.1) is 5.71 Å². The number of benzene rings is 1. The minimum Gasteiger partial charge on any atom is -0.388 e. The zero-order valence-corrected chi connectivity index (χ0v) is 11.1. The number of aliphatic imine (C=N–C) groups is 1. The Kier molecular flexibility index (Phi) is 4.42. The van der Waals surface area contributed by atoms with Gasteiger partial charge in [-0.15, -0.1) is 0 Å². The van der Waals surface area contributed by atoms with E-state index in [1.165, 1.54) is 0 Å². The molecule has 0 saturated heterocycles. The maximum absolute atomic E-state index is 9.11. The van der Waals surface area contributed by atoms with Crippen LogP contribution in [0.4, 0.5) is 0 Å². The van der Waals surface area contributed by atoms with Crippen molar-refractivity contribution < 1.29 is 0 Å². The topological polar surface area (TPSA) is 98.8 Å². The number of nitrogens with two attached hydrogens (primary N) is 1. The molecule has 2 rings (SSSR count). The average Bonchev–Trinajstić information content (AvgIpc) is 2.57. The van der Waals surface area contributed by atoms with E-state index in [1.54, 1.807) is 24.5 Å². The fourth-order valence-corrected chi connectivity index (χ4v) is 1.70. The van der Waals surface area contributed by atoms with Crippen LogP contribution in [0.5, 0.6) is 0 Å². The van der Waals surface area contributed by atoms with Crippen LogP contribution in [-0.2, 0) is 0 Å².